The molecule has 1 aromatic heterocycles. The molecule has 0 aliphatic rings. The summed E-state index contributed by atoms with van der Waals surface area (Å²) in [6.07, 6.45) is 3.25. The molecule has 0 aliphatic carbocycles. The van der Waals surface area contributed by atoms with Crippen molar-refractivity contribution in [3.63, 3.8) is 0 Å². The predicted molar refractivity (Wildman–Crippen MR) is 89.8 cm³/mol. The summed E-state index contributed by atoms with van der Waals surface area (Å²) in [7, 11) is 2.06. The van der Waals surface area contributed by atoms with Crippen molar-refractivity contribution in [1.82, 2.24) is 10.2 Å². The Kier molecular flexibility index (Phi) is 8.34. The molecule has 1 rings (SSSR count). The summed E-state index contributed by atoms with van der Waals surface area (Å²) >= 11 is 9.44. The minimum Gasteiger partial charge on any atom is -0.357 e. The molecule has 0 saturated heterocycles. The highest BCUT2D eigenvalue weighted by Crippen LogP contribution is 2.22. The van der Waals surface area contributed by atoms with E-state index in [4.69, 9.17) is 11.6 Å². The van der Waals surface area contributed by atoms with E-state index in [0.29, 0.717) is 0 Å². The van der Waals surface area contributed by atoms with Crippen LogP contribution in [0.25, 0.3) is 0 Å². The summed E-state index contributed by atoms with van der Waals surface area (Å²) in [4.78, 5) is 8.04. The first-order chi connectivity index (χ1) is 9.17. The smallest absolute Gasteiger partial charge is 0.193 e. The molecule has 0 radical (unpaired) electrons. The molecular formula is C13H22ClN3S2. The topological polar surface area (TPSA) is 27.6 Å². The Hall–Kier alpha value is -0.390. The van der Waals surface area contributed by atoms with Gasteiger partial charge in [0.1, 0.15) is 0 Å². The van der Waals surface area contributed by atoms with Crippen molar-refractivity contribution in [2.45, 2.75) is 19.9 Å². The standard InChI is InChI=1S/C13H22ClN3S2/c1-4-15-13(16-8-5-9-18-3)17(2)10-11-6-7-12(14)19-11/h6-7H,4-5,8-10H2,1-3H3,(H,15,16). The molecule has 1 aromatic rings. The van der Waals surface area contributed by atoms with E-state index in [-0.39, 0.29) is 0 Å². The molecule has 0 amide bonds. The number of rotatable bonds is 7. The monoisotopic (exact) mass is 319 g/mol. The normalized spacial score (nSPS) is 11.7. The summed E-state index contributed by atoms with van der Waals surface area (Å²) < 4.78 is 0.838. The van der Waals surface area contributed by atoms with Crippen LogP contribution in [0.4, 0.5) is 0 Å². The maximum absolute atomic E-state index is 5.95. The Morgan fingerprint density at radius 2 is 2.32 bits per heavy atom. The molecule has 0 fully saturated rings. The minimum atomic E-state index is 0.838. The molecule has 1 N–H and O–H groups in total. The largest absolute Gasteiger partial charge is 0.357 e. The minimum absolute atomic E-state index is 0.838. The van der Waals surface area contributed by atoms with Crippen LogP contribution in [-0.2, 0) is 6.54 Å². The number of guanidine groups is 1. The molecule has 108 valence electrons. The van der Waals surface area contributed by atoms with E-state index in [2.05, 4.69) is 41.5 Å². The fourth-order valence-corrected chi connectivity index (χ4v) is 3.17. The third-order valence-corrected chi connectivity index (χ3v) is 4.40. The second-order valence-corrected chi connectivity index (χ2v) is 6.93. The number of halogens is 1. The van der Waals surface area contributed by atoms with Crippen molar-refractivity contribution >= 4 is 40.7 Å². The van der Waals surface area contributed by atoms with Crippen molar-refractivity contribution < 1.29 is 0 Å². The number of nitrogens with zero attached hydrogens (tertiary/aromatic N) is 2. The summed E-state index contributed by atoms with van der Waals surface area (Å²) in [5, 5.41) is 3.33. The number of thioether (sulfide) groups is 1. The van der Waals surface area contributed by atoms with Gasteiger partial charge in [-0.25, -0.2) is 0 Å². The number of hydrogen-bond donors (Lipinski definition) is 1. The zero-order chi connectivity index (χ0) is 14.1. The first-order valence-corrected chi connectivity index (χ1v) is 8.98. The average molecular weight is 320 g/mol. The third kappa shape index (κ3) is 6.54. The van der Waals surface area contributed by atoms with Gasteiger partial charge in [-0.15, -0.1) is 11.3 Å². The Morgan fingerprint density at radius 3 is 2.89 bits per heavy atom. The highest BCUT2D eigenvalue weighted by molar-refractivity contribution is 7.98. The van der Waals surface area contributed by atoms with E-state index in [1.54, 1.807) is 11.3 Å². The molecule has 0 spiro atoms. The Bertz CT molecular complexity index is 393. The quantitative estimate of drug-likeness (QED) is 0.473. The van der Waals surface area contributed by atoms with Gasteiger partial charge >= 0.3 is 0 Å². The lowest BCUT2D eigenvalue weighted by atomic mass is 10.4. The average Bonchev–Trinajstić information content (AvgIpc) is 2.78. The molecular weight excluding hydrogens is 298 g/mol. The number of hydrogen-bond acceptors (Lipinski definition) is 3. The van der Waals surface area contributed by atoms with Gasteiger partial charge in [0, 0.05) is 25.0 Å². The van der Waals surface area contributed by atoms with Crippen LogP contribution in [0.15, 0.2) is 17.1 Å². The van der Waals surface area contributed by atoms with E-state index in [9.17, 15) is 0 Å². The number of nitrogens with one attached hydrogen (secondary N) is 1. The van der Waals surface area contributed by atoms with Crippen molar-refractivity contribution in [2.24, 2.45) is 4.99 Å². The molecule has 1 heterocycles. The molecule has 0 aliphatic heterocycles. The Balaban J connectivity index is 2.53. The van der Waals surface area contributed by atoms with Crippen molar-refractivity contribution in [3.05, 3.63) is 21.3 Å². The van der Waals surface area contributed by atoms with Gasteiger partial charge in [-0.2, -0.15) is 11.8 Å². The van der Waals surface area contributed by atoms with Crippen molar-refractivity contribution in [3.8, 4) is 0 Å². The molecule has 0 bridgehead atoms. The third-order valence-electron chi connectivity index (χ3n) is 2.49. The summed E-state index contributed by atoms with van der Waals surface area (Å²) in [6, 6.07) is 4.01. The second-order valence-electron chi connectivity index (χ2n) is 4.14. The van der Waals surface area contributed by atoms with Crippen LogP contribution in [0.1, 0.15) is 18.2 Å². The molecule has 0 atom stereocenters. The van der Waals surface area contributed by atoms with Crippen LogP contribution >= 0.6 is 34.7 Å². The van der Waals surface area contributed by atoms with Gasteiger partial charge < -0.3 is 10.2 Å². The van der Waals surface area contributed by atoms with Crippen LogP contribution in [0.3, 0.4) is 0 Å². The van der Waals surface area contributed by atoms with Gasteiger partial charge in [-0.1, -0.05) is 11.6 Å². The Morgan fingerprint density at radius 1 is 1.53 bits per heavy atom. The zero-order valence-electron chi connectivity index (χ0n) is 11.8. The number of thiophene rings is 1. The van der Waals surface area contributed by atoms with E-state index >= 15 is 0 Å². The van der Waals surface area contributed by atoms with Crippen LogP contribution in [0.5, 0.6) is 0 Å². The first-order valence-electron chi connectivity index (χ1n) is 6.40. The lowest BCUT2D eigenvalue weighted by molar-refractivity contribution is 0.481. The highest BCUT2D eigenvalue weighted by atomic mass is 35.5. The molecule has 0 unspecified atom stereocenters. The first kappa shape index (κ1) is 16.7. The lowest BCUT2D eigenvalue weighted by Crippen LogP contribution is -2.38. The fraction of sp³-hybridized carbons (Fsp3) is 0.615. The fourth-order valence-electron chi connectivity index (χ4n) is 1.61. The van der Waals surface area contributed by atoms with Gasteiger partial charge in [0.25, 0.3) is 0 Å². The van der Waals surface area contributed by atoms with E-state index < -0.39 is 0 Å². The van der Waals surface area contributed by atoms with Crippen molar-refractivity contribution in [2.75, 3.05) is 32.1 Å². The van der Waals surface area contributed by atoms with Gasteiger partial charge in [0.05, 0.1) is 10.9 Å². The predicted octanol–water partition coefficient (Wildman–Crippen LogP) is 3.55. The summed E-state index contributed by atoms with van der Waals surface area (Å²) in [6.45, 7) is 4.69. The van der Waals surface area contributed by atoms with Gasteiger partial charge in [-0.05, 0) is 37.5 Å². The number of aliphatic imine (C=N–C) groups is 1. The summed E-state index contributed by atoms with van der Waals surface area (Å²) in [5.74, 6) is 2.13. The SMILES string of the molecule is CCNC(=NCCCSC)N(C)Cc1ccc(Cl)s1. The summed E-state index contributed by atoms with van der Waals surface area (Å²) in [5.41, 5.74) is 0. The Labute approximate surface area is 129 Å². The van der Waals surface area contributed by atoms with Gasteiger partial charge in [-0.3, -0.25) is 4.99 Å². The maximum Gasteiger partial charge on any atom is 0.193 e. The van der Waals surface area contributed by atoms with E-state index in [0.717, 1.165) is 42.1 Å². The van der Waals surface area contributed by atoms with E-state index in [1.165, 1.54) is 4.88 Å². The van der Waals surface area contributed by atoms with Gasteiger partial charge in [0.15, 0.2) is 5.96 Å². The van der Waals surface area contributed by atoms with Crippen LogP contribution < -0.4 is 5.32 Å². The molecule has 0 saturated carbocycles. The van der Waals surface area contributed by atoms with Crippen LogP contribution in [-0.4, -0.2) is 43.0 Å². The molecule has 0 aromatic carbocycles. The molecule has 3 nitrogen and oxygen atoms in total. The van der Waals surface area contributed by atoms with E-state index in [1.807, 2.05) is 17.8 Å². The van der Waals surface area contributed by atoms with Crippen LogP contribution in [0, 0.1) is 0 Å². The highest BCUT2D eigenvalue weighted by Gasteiger charge is 2.07. The zero-order valence-corrected chi connectivity index (χ0v) is 14.2. The lowest BCUT2D eigenvalue weighted by Gasteiger charge is -2.21. The second kappa shape index (κ2) is 9.50. The maximum atomic E-state index is 5.95. The molecule has 19 heavy (non-hydrogen) atoms. The van der Waals surface area contributed by atoms with Gasteiger partial charge in [0.2, 0.25) is 0 Å². The van der Waals surface area contributed by atoms with Crippen molar-refractivity contribution in [1.29, 1.82) is 0 Å². The molecule has 6 heteroatoms. The van der Waals surface area contributed by atoms with Crippen LogP contribution in [0.2, 0.25) is 4.34 Å².